The Kier molecular flexibility index (Phi) is 4.16. The lowest BCUT2D eigenvalue weighted by molar-refractivity contribution is 0.0491. The predicted molar refractivity (Wildman–Crippen MR) is 73.0 cm³/mol. The van der Waals surface area contributed by atoms with Crippen LogP contribution in [0.25, 0.3) is 10.9 Å². The molecule has 0 aliphatic heterocycles. The van der Waals surface area contributed by atoms with Crippen LogP contribution in [-0.4, -0.2) is 25.7 Å². The van der Waals surface area contributed by atoms with Crippen molar-refractivity contribution >= 4 is 27.0 Å². The lowest BCUT2D eigenvalue weighted by Crippen LogP contribution is -2.38. The number of nitrogens with one attached hydrogen (secondary N) is 2. The SMILES string of the molecule is CS(=O)(=O)NC(=O)NOCc1ccc2ccccc2n1. The number of hydroxylamine groups is 1. The molecular formula is C12H13N3O4S. The summed E-state index contributed by atoms with van der Waals surface area (Å²) in [6.07, 6.45) is 0.872. The van der Waals surface area contributed by atoms with Gasteiger partial charge in [0.05, 0.1) is 17.5 Å². The molecule has 0 saturated heterocycles. The van der Waals surface area contributed by atoms with Crippen molar-refractivity contribution in [1.82, 2.24) is 15.2 Å². The van der Waals surface area contributed by atoms with E-state index in [2.05, 4.69) is 4.98 Å². The number of hydrogen-bond acceptors (Lipinski definition) is 5. The molecule has 2 aromatic rings. The van der Waals surface area contributed by atoms with E-state index in [1.807, 2.05) is 35.8 Å². The van der Waals surface area contributed by atoms with Crippen molar-refractivity contribution in [3.05, 3.63) is 42.1 Å². The predicted octanol–water partition coefficient (Wildman–Crippen LogP) is 0.925. The molecule has 0 spiro atoms. The molecule has 1 aromatic carbocycles. The Morgan fingerprint density at radius 1 is 1.25 bits per heavy atom. The molecule has 0 aliphatic carbocycles. The van der Waals surface area contributed by atoms with Gasteiger partial charge in [0.2, 0.25) is 10.0 Å². The number of hydrogen-bond donors (Lipinski definition) is 2. The van der Waals surface area contributed by atoms with Gasteiger partial charge in [-0.1, -0.05) is 24.3 Å². The maximum atomic E-state index is 11.1. The number of nitrogens with zero attached hydrogens (tertiary/aromatic N) is 1. The molecule has 2 N–H and O–H groups in total. The zero-order chi connectivity index (χ0) is 14.6. The molecule has 2 amide bonds. The van der Waals surface area contributed by atoms with Crippen LogP contribution in [0.15, 0.2) is 36.4 Å². The van der Waals surface area contributed by atoms with Crippen molar-refractivity contribution in [2.24, 2.45) is 0 Å². The minimum absolute atomic E-state index is 0.0298. The summed E-state index contributed by atoms with van der Waals surface area (Å²) >= 11 is 0. The number of aromatic nitrogens is 1. The second-order valence-electron chi connectivity index (χ2n) is 4.09. The van der Waals surface area contributed by atoms with E-state index in [4.69, 9.17) is 4.84 Å². The summed E-state index contributed by atoms with van der Waals surface area (Å²) in [4.78, 5) is 20.3. The van der Waals surface area contributed by atoms with E-state index in [1.54, 1.807) is 10.8 Å². The largest absolute Gasteiger partial charge is 0.352 e. The Hall–Kier alpha value is -2.19. The van der Waals surface area contributed by atoms with Gasteiger partial charge < -0.3 is 0 Å². The normalized spacial score (nSPS) is 11.2. The molecule has 1 heterocycles. The van der Waals surface area contributed by atoms with Gasteiger partial charge in [0.25, 0.3) is 0 Å². The van der Waals surface area contributed by atoms with Crippen LogP contribution in [0.2, 0.25) is 0 Å². The summed E-state index contributed by atoms with van der Waals surface area (Å²) in [5, 5.41) is 0.999. The van der Waals surface area contributed by atoms with Gasteiger partial charge in [0.1, 0.15) is 6.61 Å². The third kappa shape index (κ3) is 4.18. The second kappa shape index (κ2) is 5.85. The fourth-order valence-corrected chi connectivity index (χ4v) is 1.93. The standard InChI is InChI=1S/C12H13N3O4S/c1-20(17,18)15-12(16)14-19-8-10-7-6-9-4-2-3-5-11(9)13-10/h2-7H,8H2,1H3,(H2,14,15,16). The number of fused-ring (bicyclic) bond motifs is 1. The van der Waals surface area contributed by atoms with Gasteiger partial charge in [-0.15, -0.1) is 0 Å². The van der Waals surface area contributed by atoms with E-state index in [0.717, 1.165) is 17.2 Å². The van der Waals surface area contributed by atoms with E-state index in [1.165, 1.54) is 0 Å². The smallest absolute Gasteiger partial charge is 0.266 e. The first-order valence-electron chi connectivity index (χ1n) is 5.68. The molecule has 8 heteroatoms. The molecule has 7 nitrogen and oxygen atoms in total. The second-order valence-corrected chi connectivity index (χ2v) is 5.84. The Balaban J connectivity index is 1.91. The molecule has 0 atom stereocenters. The third-order valence-electron chi connectivity index (χ3n) is 2.32. The first-order chi connectivity index (χ1) is 9.44. The Labute approximate surface area is 116 Å². The van der Waals surface area contributed by atoms with Crippen LogP contribution in [0, 0.1) is 0 Å². The van der Waals surface area contributed by atoms with Gasteiger partial charge in [-0.05, 0) is 12.1 Å². The monoisotopic (exact) mass is 295 g/mol. The quantitative estimate of drug-likeness (QED) is 0.818. The number of rotatable bonds is 4. The lowest BCUT2D eigenvalue weighted by atomic mass is 10.2. The maximum absolute atomic E-state index is 11.1. The van der Waals surface area contributed by atoms with Gasteiger partial charge >= 0.3 is 6.03 Å². The highest BCUT2D eigenvalue weighted by Crippen LogP contribution is 2.11. The van der Waals surface area contributed by atoms with Crippen LogP contribution in [0.3, 0.4) is 0 Å². The molecule has 0 radical (unpaired) electrons. The highest BCUT2D eigenvalue weighted by Gasteiger charge is 2.07. The van der Waals surface area contributed by atoms with E-state index in [-0.39, 0.29) is 6.61 Å². The topological polar surface area (TPSA) is 97.4 Å². The van der Waals surface area contributed by atoms with Crippen molar-refractivity contribution in [3.8, 4) is 0 Å². The van der Waals surface area contributed by atoms with Crippen LogP contribution in [-0.2, 0) is 21.5 Å². The van der Waals surface area contributed by atoms with Crippen LogP contribution in [0.5, 0.6) is 0 Å². The number of carbonyl (C=O) groups excluding carboxylic acids is 1. The van der Waals surface area contributed by atoms with Gasteiger partial charge in [-0.3, -0.25) is 9.82 Å². The summed E-state index contributed by atoms with van der Waals surface area (Å²) in [6.45, 7) is 0.0298. The average Bonchev–Trinajstić information content (AvgIpc) is 2.36. The van der Waals surface area contributed by atoms with Crippen molar-refractivity contribution in [1.29, 1.82) is 0 Å². The van der Waals surface area contributed by atoms with E-state index in [0.29, 0.717) is 5.69 Å². The van der Waals surface area contributed by atoms with Gasteiger partial charge in [0, 0.05) is 5.39 Å². The molecule has 0 aliphatic rings. The molecule has 0 fully saturated rings. The molecule has 2 rings (SSSR count). The van der Waals surface area contributed by atoms with E-state index < -0.39 is 16.1 Å². The molecule has 0 saturated carbocycles. The fraction of sp³-hybridized carbons (Fsp3) is 0.167. The summed E-state index contributed by atoms with van der Waals surface area (Å²) in [6, 6.07) is 10.3. The number of urea groups is 1. The maximum Gasteiger partial charge on any atom is 0.352 e. The summed E-state index contributed by atoms with van der Waals surface area (Å²) in [7, 11) is -3.60. The zero-order valence-corrected chi connectivity index (χ0v) is 11.5. The first kappa shape index (κ1) is 14.2. The average molecular weight is 295 g/mol. The summed E-state index contributed by atoms with van der Waals surface area (Å²) in [5.41, 5.74) is 3.39. The van der Waals surface area contributed by atoms with Crippen molar-refractivity contribution in [3.63, 3.8) is 0 Å². The molecule has 0 bridgehead atoms. The molecule has 0 unspecified atom stereocenters. The summed E-state index contributed by atoms with van der Waals surface area (Å²) < 4.78 is 23.3. The van der Waals surface area contributed by atoms with Crippen molar-refractivity contribution in [2.45, 2.75) is 6.61 Å². The highest BCUT2D eigenvalue weighted by molar-refractivity contribution is 7.89. The molecule has 106 valence electrons. The van der Waals surface area contributed by atoms with Crippen molar-refractivity contribution < 1.29 is 18.0 Å². The molecule has 1 aromatic heterocycles. The summed E-state index contributed by atoms with van der Waals surface area (Å²) in [5.74, 6) is 0. The third-order valence-corrected chi connectivity index (χ3v) is 2.88. The van der Waals surface area contributed by atoms with Crippen LogP contribution in [0.4, 0.5) is 4.79 Å². The van der Waals surface area contributed by atoms with Crippen LogP contribution in [0.1, 0.15) is 5.69 Å². The fourth-order valence-electron chi connectivity index (χ4n) is 1.55. The van der Waals surface area contributed by atoms with Crippen LogP contribution < -0.4 is 10.2 Å². The Bertz CT molecular complexity index is 730. The van der Waals surface area contributed by atoms with Crippen molar-refractivity contribution in [2.75, 3.05) is 6.26 Å². The van der Waals surface area contributed by atoms with Gasteiger partial charge in [0.15, 0.2) is 0 Å². The van der Waals surface area contributed by atoms with Gasteiger partial charge in [-0.25, -0.2) is 23.4 Å². The molecular weight excluding hydrogens is 282 g/mol. The zero-order valence-electron chi connectivity index (χ0n) is 10.7. The van der Waals surface area contributed by atoms with E-state index >= 15 is 0 Å². The number of amides is 2. The van der Waals surface area contributed by atoms with Crippen LogP contribution >= 0.6 is 0 Å². The highest BCUT2D eigenvalue weighted by atomic mass is 32.2. The Morgan fingerprint density at radius 3 is 2.75 bits per heavy atom. The van der Waals surface area contributed by atoms with Gasteiger partial charge in [-0.2, -0.15) is 0 Å². The molecule has 20 heavy (non-hydrogen) atoms. The number of pyridine rings is 1. The number of para-hydroxylation sites is 1. The lowest BCUT2D eigenvalue weighted by Gasteiger charge is -2.06. The minimum atomic E-state index is -3.60. The first-order valence-corrected chi connectivity index (χ1v) is 7.57. The van der Waals surface area contributed by atoms with E-state index in [9.17, 15) is 13.2 Å². The number of benzene rings is 1. The number of carbonyl (C=O) groups is 1. The minimum Gasteiger partial charge on any atom is -0.266 e. The Morgan fingerprint density at radius 2 is 2.00 bits per heavy atom. The number of sulfonamides is 1.